The van der Waals surface area contributed by atoms with Gasteiger partial charge in [0.15, 0.2) is 0 Å². The molecule has 3 rings (SSSR count). The van der Waals surface area contributed by atoms with Gasteiger partial charge in [0.1, 0.15) is 0 Å². The normalized spacial score (nSPS) is 21.0. The van der Waals surface area contributed by atoms with Gasteiger partial charge < -0.3 is 10.1 Å². The van der Waals surface area contributed by atoms with Crippen LogP contribution in [-0.2, 0) is 16.0 Å². The summed E-state index contributed by atoms with van der Waals surface area (Å²) < 4.78 is 5.73. The maximum atomic E-state index is 12.5. The standard InChI is InChI=1S/C21H26N2O2/c1-16-13-23(14-17(2)25-16)15-21(24)22-20-11-7-6-10-19(20)12-18-8-4-3-5-9-18/h3-11,16-17H,12-15H2,1-2H3,(H,22,24). The Bertz CT molecular complexity index is 692. The molecule has 2 atom stereocenters. The van der Waals surface area contributed by atoms with Gasteiger partial charge in [-0.15, -0.1) is 0 Å². The molecule has 1 N–H and O–H groups in total. The SMILES string of the molecule is CC1CN(CC(=O)Nc2ccccc2Cc2ccccc2)CC(C)O1. The fourth-order valence-electron chi connectivity index (χ4n) is 3.42. The Balaban J connectivity index is 1.63. The molecule has 2 aromatic carbocycles. The van der Waals surface area contributed by atoms with Crippen molar-refractivity contribution in [2.45, 2.75) is 32.5 Å². The zero-order valence-corrected chi connectivity index (χ0v) is 14.9. The first kappa shape index (κ1) is 17.6. The van der Waals surface area contributed by atoms with Crippen LogP contribution in [0.25, 0.3) is 0 Å². The van der Waals surface area contributed by atoms with E-state index in [2.05, 4.69) is 42.3 Å². The summed E-state index contributed by atoms with van der Waals surface area (Å²) in [6.07, 6.45) is 1.15. The van der Waals surface area contributed by atoms with Crippen LogP contribution in [0, 0.1) is 0 Å². The third-order valence-corrected chi connectivity index (χ3v) is 4.39. The van der Waals surface area contributed by atoms with Gasteiger partial charge in [0.2, 0.25) is 5.91 Å². The highest BCUT2D eigenvalue weighted by Gasteiger charge is 2.23. The van der Waals surface area contributed by atoms with Crippen molar-refractivity contribution in [1.82, 2.24) is 4.90 Å². The van der Waals surface area contributed by atoms with E-state index in [0.717, 1.165) is 30.8 Å². The molecule has 1 fully saturated rings. The minimum absolute atomic E-state index is 0.0295. The first-order chi connectivity index (χ1) is 12.1. The number of anilines is 1. The number of amides is 1. The van der Waals surface area contributed by atoms with E-state index in [1.165, 1.54) is 5.56 Å². The molecular formula is C21H26N2O2. The van der Waals surface area contributed by atoms with Gasteiger partial charge in [-0.1, -0.05) is 48.5 Å². The van der Waals surface area contributed by atoms with Crippen LogP contribution in [0.5, 0.6) is 0 Å². The smallest absolute Gasteiger partial charge is 0.238 e. The molecule has 0 radical (unpaired) electrons. The van der Waals surface area contributed by atoms with Gasteiger partial charge in [-0.3, -0.25) is 9.69 Å². The van der Waals surface area contributed by atoms with Crippen molar-refractivity contribution >= 4 is 11.6 Å². The van der Waals surface area contributed by atoms with Crippen LogP contribution >= 0.6 is 0 Å². The lowest BCUT2D eigenvalue weighted by Crippen LogP contribution is -2.48. The molecule has 0 spiro atoms. The molecule has 4 heteroatoms. The Hall–Kier alpha value is -2.17. The molecule has 1 aliphatic rings. The minimum atomic E-state index is 0.0295. The van der Waals surface area contributed by atoms with Gasteiger partial charge in [-0.2, -0.15) is 0 Å². The lowest BCUT2D eigenvalue weighted by Gasteiger charge is -2.34. The number of hydrogen-bond donors (Lipinski definition) is 1. The van der Waals surface area contributed by atoms with Crippen LogP contribution in [-0.4, -0.2) is 42.6 Å². The number of para-hydroxylation sites is 1. The second-order valence-electron chi connectivity index (χ2n) is 6.82. The summed E-state index contributed by atoms with van der Waals surface area (Å²) in [6, 6.07) is 18.3. The molecule has 2 unspecified atom stereocenters. The summed E-state index contributed by atoms with van der Waals surface area (Å²) in [6.45, 7) is 6.09. The lowest BCUT2D eigenvalue weighted by atomic mass is 10.0. The molecule has 1 aliphatic heterocycles. The van der Waals surface area contributed by atoms with Crippen molar-refractivity contribution in [2.75, 3.05) is 25.0 Å². The molecule has 1 saturated heterocycles. The van der Waals surface area contributed by atoms with Crippen molar-refractivity contribution in [2.24, 2.45) is 0 Å². The maximum absolute atomic E-state index is 12.5. The predicted octanol–water partition coefficient (Wildman–Crippen LogP) is 3.33. The van der Waals surface area contributed by atoms with Crippen LogP contribution in [0.1, 0.15) is 25.0 Å². The van der Waals surface area contributed by atoms with E-state index in [9.17, 15) is 4.79 Å². The molecule has 2 aromatic rings. The minimum Gasteiger partial charge on any atom is -0.373 e. The summed E-state index contributed by atoms with van der Waals surface area (Å²) in [5.74, 6) is 0.0295. The summed E-state index contributed by atoms with van der Waals surface area (Å²) in [5.41, 5.74) is 3.26. The van der Waals surface area contributed by atoms with Gasteiger partial charge >= 0.3 is 0 Å². The molecule has 25 heavy (non-hydrogen) atoms. The fraction of sp³-hybridized carbons (Fsp3) is 0.381. The van der Waals surface area contributed by atoms with Crippen LogP contribution in [0.2, 0.25) is 0 Å². The molecule has 0 bridgehead atoms. The number of benzene rings is 2. The lowest BCUT2D eigenvalue weighted by molar-refractivity contribution is -0.121. The Morgan fingerprint density at radius 1 is 1.04 bits per heavy atom. The van der Waals surface area contributed by atoms with Crippen molar-refractivity contribution in [3.05, 3.63) is 65.7 Å². The zero-order chi connectivity index (χ0) is 17.6. The van der Waals surface area contributed by atoms with Gasteiger partial charge in [0.25, 0.3) is 0 Å². The fourth-order valence-corrected chi connectivity index (χ4v) is 3.42. The number of rotatable bonds is 5. The van der Waals surface area contributed by atoms with E-state index < -0.39 is 0 Å². The molecule has 4 nitrogen and oxygen atoms in total. The van der Waals surface area contributed by atoms with Crippen molar-refractivity contribution in [3.63, 3.8) is 0 Å². The van der Waals surface area contributed by atoms with Crippen LogP contribution in [0.3, 0.4) is 0 Å². The van der Waals surface area contributed by atoms with E-state index in [1.807, 2.05) is 36.4 Å². The average molecular weight is 338 g/mol. The van der Waals surface area contributed by atoms with Gasteiger partial charge in [0, 0.05) is 18.8 Å². The molecule has 0 aliphatic carbocycles. The highest BCUT2D eigenvalue weighted by Crippen LogP contribution is 2.19. The van der Waals surface area contributed by atoms with E-state index in [1.54, 1.807) is 0 Å². The Kier molecular flexibility index (Phi) is 5.84. The van der Waals surface area contributed by atoms with Gasteiger partial charge in [-0.25, -0.2) is 0 Å². The monoisotopic (exact) mass is 338 g/mol. The number of ether oxygens (including phenoxy) is 1. The quantitative estimate of drug-likeness (QED) is 0.909. The van der Waals surface area contributed by atoms with Crippen molar-refractivity contribution in [1.29, 1.82) is 0 Å². The van der Waals surface area contributed by atoms with Crippen LogP contribution in [0.4, 0.5) is 5.69 Å². The van der Waals surface area contributed by atoms with Crippen molar-refractivity contribution in [3.8, 4) is 0 Å². The maximum Gasteiger partial charge on any atom is 0.238 e. The molecule has 1 amide bonds. The van der Waals surface area contributed by atoms with E-state index in [4.69, 9.17) is 4.74 Å². The summed E-state index contributed by atoms with van der Waals surface area (Å²) >= 11 is 0. The summed E-state index contributed by atoms with van der Waals surface area (Å²) in [4.78, 5) is 14.7. The molecule has 0 aromatic heterocycles. The number of nitrogens with one attached hydrogen (secondary N) is 1. The summed E-state index contributed by atoms with van der Waals surface area (Å²) in [7, 11) is 0. The molecular weight excluding hydrogens is 312 g/mol. The Morgan fingerprint density at radius 3 is 2.40 bits per heavy atom. The van der Waals surface area contributed by atoms with E-state index >= 15 is 0 Å². The number of hydrogen-bond acceptors (Lipinski definition) is 3. The topological polar surface area (TPSA) is 41.6 Å². The third-order valence-electron chi connectivity index (χ3n) is 4.39. The average Bonchev–Trinajstić information content (AvgIpc) is 2.56. The van der Waals surface area contributed by atoms with Gasteiger partial charge in [-0.05, 0) is 37.5 Å². The number of carbonyl (C=O) groups excluding carboxylic acids is 1. The number of nitrogens with zero attached hydrogens (tertiary/aromatic N) is 1. The molecule has 132 valence electrons. The van der Waals surface area contributed by atoms with Crippen LogP contribution in [0.15, 0.2) is 54.6 Å². The van der Waals surface area contributed by atoms with E-state index in [0.29, 0.717) is 6.54 Å². The largest absolute Gasteiger partial charge is 0.373 e. The number of morpholine rings is 1. The second kappa shape index (κ2) is 8.28. The Labute approximate surface area is 149 Å². The summed E-state index contributed by atoms with van der Waals surface area (Å²) in [5, 5.41) is 3.09. The first-order valence-corrected chi connectivity index (χ1v) is 8.89. The van der Waals surface area contributed by atoms with Gasteiger partial charge in [0.05, 0.1) is 18.8 Å². The molecule has 0 saturated carbocycles. The van der Waals surface area contributed by atoms with Crippen molar-refractivity contribution < 1.29 is 9.53 Å². The predicted molar refractivity (Wildman–Crippen MR) is 101 cm³/mol. The van der Waals surface area contributed by atoms with Crippen LogP contribution < -0.4 is 5.32 Å². The second-order valence-corrected chi connectivity index (χ2v) is 6.82. The zero-order valence-electron chi connectivity index (χ0n) is 14.9. The molecule has 1 heterocycles. The first-order valence-electron chi connectivity index (χ1n) is 8.89. The highest BCUT2D eigenvalue weighted by atomic mass is 16.5. The Morgan fingerprint density at radius 2 is 1.68 bits per heavy atom. The highest BCUT2D eigenvalue weighted by molar-refractivity contribution is 5.93. The third kappa shape index (κ3) is 5.15. The van der Waals surface area contributed by atoms with E-state index in [-0.39, 0.29) is 18.1 Å². The number of carbonyl (C=O) groups is 1.